The molecule has 0 radical (unpaired) electrons. The van der Waals surface area contributed by atoms with Gasteiger partial charge < -0.3 is 4.74 Å². The van der Waals surface area contributed by atoms with E-state index in [1.165, 1.54) is 0 Å². The zero-order valence-corrected chi connectivity index (χ0v) is 10.00. The minimum absolute atomic E-state index is 0.733. The third kappa shape index (κ3) is 1.91. The van der Waals surface area contributed by atoms with Crippen LogP contribution in [0.3, 0.4) is 0 Å². The fraction of sp³-hybridized carbons (Fsp3) is 0.0667. The van der Waals surface area contributed by atoms with Crippen molar-refractivity contribution in [3.63, 3.8) is 0 Å². The van der Waals surface area contributed by atoms with Crippen LogP contribution in [0.15, 0.2) is 54.7 Å². The second-order valence-electron chi connectivity index (χ2n) is 3.98. The van der Waals surface area contributed by atoms with E-state index in [9.17, 15) is 0 Å². The Bertz CT molecular complexity index is 680. The van der Waals surface area contributed by atoms with Gasteiger partial charge in [0, 0.05) is 23.2 Å². The van der Waals surface area contributed by atoms with Crippen molar-refractivity contribution < 1.29 is 4.74 Å². The summed E-state index contributed by atoms with van der Waals surface area (Å²) in [6.07, 6.45) is 1.84. The van der Waals surface area contributed by atoms with Crippen molar-refractivity contribution in [3.8, 4) is 17.1 Å². The van der Waals surface area contributed by atoms with Crippen molar-refractivity contribution in [1.82, 2.24) is 9.97 Å². The SMILES string of the molecule is COc1ccc2cnc(-c3ccccc3)nc2c1. The van der Waals surface area contributed by atoms with Gasteiger partial charge in [0.15, 0.2) is 5.82 Å². The van der Waals surface area contributed by atoms with Gasteiger partial charge in [-0.3, -0.25) is 0 Å². The molecule has 18 heavy (non-hydrogen) atoms. The van der Waals surface area contributed by atoms with Crippen LogP contribution in [0.4, 0.5) is 0 Å². The molecule has 0 saturated heterocycles. The standard InChI is InChI=1S/C15H12N2O/c1-18-13-8-7-12-10-16-15(17-14(12)9-13)11-5-3-2-4-6-11/h2-10H,1H3. The number of nitrogens with zero attached hydrogens (tertiary/aromatic N) is 2. The summed E-state index contributed by atoms with van der Waals surface area (Å²) < 4.78 is 5.21. The number of methoxy groups -OCH3 is 1. The highest BCUT2D eigenvalue weighted by Crippen LogP contribution is 2.21. The number of aromatic nitrogens is 2. The summed E-state index contributed by atoms with van der Waals surface area (Å²) >= 11 is 0. The van der Waals surface area contributed by atoms with Crippen molar-refractivity contribution in [2.24, 2.45) is 0 Å². The van der Waals surface area contributed by atoms with Crippen molar-refractivity contribution in [2.75, 3.05) is 7.11 Å². The summed E-state index contributed by atoms with van der Waals surface area (Å²) in [5.41, 5.74) is 1.91. The molecule has 3 aromatic rings. The van der Waals surface area contributed by atoms with E-state index >= 15 is 0 Å². The van der Waals surface area contributed by atoms with Gasteiger partial charge in [-0.2, -0.15) is 0 Å². The van der Waals surface area contributed by atoms with Crippen LogP contribution in [-0.4, -0.2) is 17.1 Å². The fourth-order valence-electron chi connectivity index (χ4n) is 1.86. The topological polar surface area (TPSA) is 35.0 Å². The predicted molar refractivity (Wildman–Crippen MR) is 71.5 cm³/mol. The van der Waals surface area contributed by atoms with E-state index < -0.39 is 0 Å². The first-order valence-corrected chi connectivity index (χ1v) is 5.73. The maximum Gasteiger partial charge on any atom is 0.159 e. The molecule has 0 unspecified atom stereocenters. The van der Waals surface area contributed by atoms with E-state index in [1.807, 2.05) is 54.7 Å². The molecule has 1 heterocycles. The Kier molecular flexibility index (Phi) is 2.65. The average molecular weight is 236 g/mol. The first kappa shape index (κ1) is 10.7. The van der Waals surface area contributed by atoms with E-state index in [-0.39, 0.29) is 0 Å². The molecule has 3 heteroatoms. The van der Waals surface area contributed by atoms with Gasteiger partial charge in [-0.15, -0.1) is 0 Å². The van der Waals surface area contributed by atoms with Crippen molar-refractivity contribution in [2.45, 2.75) is 0 Å². The third-order valence-corrected chi connectivity index (χ3v) is 2.82. The highest BCUT2D eigenvalue weighted by Gasteiger charge is 2.03. The van der Waals surface area contributed by atoms with Gasteiger partial charge in [0.2, 0.25) is 0 Å². The maximum atomic E-state index is 5.21. The molecule has 0 spiro atoms. The number of rotatable bonds is 2. The lowest BCUT2D eigenvalue weighted by atomic mass is 10.2. The second kappa shape index (κ2) is 4.45. The molecule has 0 saturated carbocycles. The van der Waals surface area contributed by atoms with E-state index in [4.69, 9.17) is 4.74 Å². The lowest BCUT2D eigenvalue weighted by Gasteiger charge is -2.04. The van der Waals surface area contributed by atoms with Crippen LogP contribution in [0, 0.1) is 0 Å². The normalized spacial score (nSPS) is 10.5. The van der Waals surface area contributed by atoms with Crippen molar-refractivity contribution in [1.29, 1.82) is 0 Å². The molecule has 0 atom stereocenters. The summed E-state index contributed by atoms with van der Waals surface area (Å²) in [5, 5.41) is 1.01. The summed E-state index contributed by atoms with van der Waals surface area (Å²) in [4.78, 5) is 8.94. The van der Waals surface area contributed by atoms with Crippen LogP contribution in [-0.2, 0) is 0 Å². The van der Waals surface area contributed by atoms with Gasteiger partial charge in [-0.1, -0.05) is 30.3 Å². The first-order valence-electron chi connectivity index (χ1n) is 5.73. The number of benzene rings is 2. The van der Waals surface area contributed by atoms with Crippen LogP contribution in [0.5, 0.6) is 5.75 Å². The Balaban J connectivity index is 2.15. The van der Waals surface area contributed by atoms with Crippen LogP contribution in [0.25, 0.3) is 22.3 Å². The molecule has 0 bridgehead atoms. The number of hydrogen-bond acceptors (Lipinski definition) is 3. The third-order valence-electron chi connectivity index (χ3n) is 2.82. The highest BCUT2D eigenvalue weighted by molar-refractivity contribution is 5.80. The highest BCUT2D eigenvalue weighted by atomic mass is 16.5. The lowest BCUT2D eigenvalue weighted by molar-refractivity contribution is 0.415. The Labute approximate surface area is 105 Å². The summed E-state index contributed by atoms with van der Waals surface area (Å²) in [7, 11) is 1.65. The van der Waals surface area contributed by atoms with E-state index in [0.29, 0.717) is 0 Å². The van der Waals surface area contributed by atoms with Gasteiger partial charge in [-0.25, -0.2) is 9.97 Å². The second-order valence-corrected chi connectivity index (χ2v) is 3.98. The minimum Gasteiger partial charge on any atom is -0.497 e. The Morgan fingerprint density at radius 1 is 1.00 bits per heavy atom. The lowest BCUT2D eigenvalue weighted by Crippen LogP contribution is -1.90. The first-order chi connectivity index (χ1) is 8.86. The van der Waals surface area contributed by atoms with Crippen LogP contribution in [0.1, 0.15) is 0 Å². The zero-order valence-electron chi connectivity index (χ0n) is 10.00. The zero-order chi connectivity index (χ0) is 12.4. The Hall–Kier alpha value is -2.42. The number of hydrogen-bond donors (Lipinski definition) is 0. The largest absolute Gasteiger partial charge is 0.497 e. The van der Waals surface area contributed by atoms with Gasteiger partial charge >= 0.3 is 0 Å². The maximum absolute atomic E-state index is 5.21. The van der Waals surface area contributed by atoms with Crippen molar-refractivity contribution >= 4 is 10.9 Å². The van der Waals surface area contributed by atoms with Gasteiger partial charge in [0.1, 0.15) is 5.75 Å². The summed E-state index contributed by atoms with van der Waals surface area (Å²) in [5.74, 6) is 1.54. The van der Waals surface area contributed by atoms with Gasteiger partial charge in [-0.05, 0) is 12.1 Å². The van der Waals surface area contributed by atoms with Gasteiger partial charge in [0.25, 0.3) is 0 Å². The molecular formula is C15H12N2O. The number of fused-ring (bicyclic) bond motifs is 1. The summed E-state index contributed by atoms with van der Waals surface area (Å²) in [6, 6.07) is 15.7. The molecule has 0 amide bonds. The smallest absolute Gasteiger partial charge is 0.159 e. The molecule has 0 N–H and O–H groups in total. The Morgan fingerprint density at radius 3 is 2.61 bits per heavy atom. The molecule has 0 aliphatic carbocycles. The molecule has 0 aliphatic heterocycles. The fourth-order valence-corrected chi connectivity index (χ4v) is 1.86. The van der Waals surface area contributed by atoms with Crippen LogP contribution >= 0.6 is 0 Å². The molecule has 2 aromatic carbocycles. The monoisotopic (exact) mass is 236 g/mol. The quantitative estimate of drug-likeness (QED) is 0.684. The van der Waals surface area contributed by atoms with Crippen molar-refractivity contribution in [3.05, 3.63) is 54.7 Å². The molecule has 0 fully saturated rings. The van der Waals surface area contributed by atoms with E-state index in [2.05, 4.69) is 9.97 Å². The molecular weight excluding hydrogens is 224 g/mol. The summed E-state index contributed by atoms with van der Waals surface area (Å²) in [6.45, 7) is 0. The molecule has 1 aromatic heterocycles. The molecule has 88 valence electrons. The van der Waals surface area contributed by atoms with Crippen LogP contribution < -0.4 is 4.74 Å². The number of ether oxygens (including phenoxy) is 1. The molecule has 3 rings (SSSR count). The molecule has 0 aliphatic rings. The van der Waals surface area contributed by atoms with Crippen LogP contribution in [0.2, 0.25) is 0 Å². The predicted octanol–water partition coefficient (Wildman–Crippen LogP) is 3.31. The Morgan fingerprint density at radius 2 is 1.83 bits per heavy atom. The van der Waals surface area contributed by atoms with E-state index in [1.54, 1.807) is 7.11 Å². The van der Waals surface area contributed by atoms with E-state index in [0.717, 1.165) is 28.0 Å². The van der Waals surface area contributed by atoms with Gasteiger partial charge in [0.05, 0.1) is 12.6 Å². The molecule has 3 nitrogen and oxygen atoms in total. The minimum atomic E-state index is 0.733. The average Bonchev–Trinajstić information content (AvgIpc) is 2.47.